The fraction of sp³-hybridized carbons (Fsp3) is 0.120. The largest absolute Gasteiger partial charge is 0.384 e. The van der Waals surface area contributed by atoms with E-state index in [-0.39, 0.29) is 24.4 Å². The molecule has 3 amide bonds. The van der Waals surface area contributed by atoms with Crippen molar-refractivity contribution in [3.05, 3.63) is 102 Å². The molecule has 3 rings (SSSR count). The Kier molecular flexibility index (Phi) is 7.67. The summed E-state index contributed by atoms with van der Waals surface area (Å²) in [5.41, 5.74) is 12.7. The smallest absolute Gasteiger partial charge is 0.265 e. The van der Waals surface area contributed by atoms with Crippen LogP contribution < -0.4 is 21.7 Å². The van der Waals surface area contributed by atoms with Crippen LogP contribution in [0.25, 0.3) is 0 Å². The molecule has 0 fully saturated rings. The highest BCUT2D eigenvalue weighted by Crippen LogP contribution is 2.20. The van der Waals surface area contributed by atoms with Crippen LogP contribution in [0.3, 0.4) is 0 Å². The number of nitrogens with one attached hydrogen (secondary N) is 2. The Morgan fingerprint density at radius 3 is 2.09 bits per heavy atom. The average Bonchev–Trinajstić information content (AvgIpc) is 2.85. The molecular weight excluding hydrogens is 418 g/mol. The monoisotopic (exact) mass is 443 g/mol. The first kappa shape index (κ1) is 23.4. The lowest BCUT2D eigenvalue weighted by Gasteiger charge is -2.27. The van der Waals surface area contributed by atoms with E-state index in [0.717, 1.165) is 10.5 Å². The predicted molar refractivity (Wildman–Crippen MR) is 127 cm³/mol. The summed E-state index contributed by atoms with van der Waals surface area (Å²) in [7, 11) is 0. The van der Waals surface area contributed by atoms with E-state index in [9.17, 15) is 14.4 Å². The van der Waals surface area contributed by atoms with Gasteiger partial charge in [-0.2, -0.15) is 0 Å². The van der Waals surface area contributed by atoms with Gasteiger partial charge in [-0.1, -0.05) is 60.7 Å². The molecule has 0 aliphatic heterocycles. The van der Waals surface area contributed by atoms with Crippen molar-refractivity contribution in [3.8, 4) is 0 Å². The number of carbonyl (C=O) groups excluding carboxylic acids is 3. The number of nitrogen functional groups attached to an aromatic ring is 1. The second kappa shape index (κ2) is 10.8. The van der Waals surface area contributed by atoms with Gasteiger partial charge in [-0.05, 0) is 29.8 Å². The number of benzene rings is 3. The highest BCUT2D eigenvalue weighted by Gasteiger charge is 2.32. The normalized spacial score (nSPS) is 11.3. The number of rotatable bonds is 8. The molecular formula is C25H25N5O3. The molecule has 0 saturated carbocycles. The summed E-state index contributed by atoms with van der Waals surface area (Å²) in [5.74, 6) is -1.91. The number of para-hydroxylation sites is 1. The molecule has 0 unspecified atom stereocenters. The van der Waals surface area contributed by atoms with Crippen molar-refractivity contribution in [2.75, 3.05) is 11.4 Å². The van der Waals surface area contributed by atoms with Crippen LogP contribution in [0.1, 0.15) is 21.5 Å². The average molecular weight is 444 g/mol. The third-order valence-electron chi connectivity index (χ3n) is 4.96. The van der Waals surface area contributed by atoms with Gasteiger partial charge in [-0.15, -0.1) is 0 Å². The molecule has 0 radical (unpaired) electrons. The Labute approximate surface area is 191 Å². The minimum atomic E-state index is -1.02. The molecule has 0 aliphatic rings. The molecule has 0 aromatic heterocycles. The van der Waals surface area contributed by atoms with Crippen LogP contribution in [-0.2, 0) is 16.0 Å². The molecule has 8 nitrogen and oxygen atoms in total. The molecule has 0 spiro atoms. The van der Waals surface area contributed by atoms with Gasteiger partial charge in [0, 0.05) is 17.5 Å². The van der Waals surface area contributed by atoms with E-state index in [0.29, 0.717) is 11.3 Å². The first-order chi connectivity index (χ1) is 15.9. The zero-order valence-corrected chi connectivity index (χ0v) is 17.9. The van der Waals surface area contributed by atoms with Gasteiger partial charge in [0.25, 0.3) is 11.8 Å². The Balaban J connectivity index is 2.03. The van der Waals surface area contributed by atoms with E-state index in [2.05, 4.69) is 5.32 Å². The van der Waals surface area contributed by atoms with Crippen molar-refractivity contribution in [2.24, 2.45) is 11.5 Å². The van der Waals surface area contributed by atoms with Crippen molar-refractivity contribution < 1.29 is 14.4 Å². The summed E-state index contributed by atoms with van der Waals surface area (Å²) in [6.45, 7) is -0.293. The topological polar surface area (TPSA) is 142 Å². The summed E-state index contributed by atoms with van der Waals surface area (Å²) in [6, 6.07) is 22.8. The first-order valence-corrected chi connectivity index (χ1v) is 10.3. The van der Waals surface area contributed by atoms with Crippen molar-refractivity contribution in [1.29, 1.82) is 5.41 Å². The zero-order chi connectivity index (χ0) is 23.8. The van der Waals surface area contributed by atoms with Crippen molar-refractivity contribution in [3.63, 3.8) is 0 Å². The maximum Gasteiger partial charge on any atom is 0.265 e. The number of anilines is 1. The molecule has 8 heteroatoms. The Morgan fingerprint density at radius 1 is 0.879 bits per heavy atom. The third-order valence-corrected chi connectivity index (χ3v) is 4.96. The van der Waals surface area contributed by atoms with Gasteiger partial charge in [0.05, 0.1) is 12.2 Å². The number of nitrogens with two attached hydrogens (primary N) is 2. The third kappa shape index (κ3) is 5.90. The quantitative estimate of drug-likeness (QED) is 0.310. The summed E-state index contributed by atoms with van der Waals surface area (Å²) >= 11 is 0. The fourth-order valence-electron chi connectivity index (χ4n) is 3.33. The van der Waals surface area contributed by atoms with E-state index in [1.165, 1.54) is 6.07 Å². The van der Waals surface area contributed by atoms with Crippen LogP contribution >= 0.6 is 0 Å². The first-order valence-electron chi connectivity index (χ1n) is 10.3. The number of nitrogens with zero attached hydrogens (tertiary/aromatic N) is 1. The standard InChI is InChI=1S/C25H25N5O3/c26-16-22(31)29-21(14-17-8-3-1-4-9-17)25(33)30(20-12-5-2-6-13-20)24(32)19-11-7-10-18(15-19)23(27)28/h1-13,15,21H,14,16,26H2,(H3,27,28)(H,29,31)/t21-/m0/s1. The van der Waals surface area contributed by atoms with E-state index < -0.39 is 23.8 Å². The molecule has 168 valence electrons. The van der Waals surface area contributed by atoms with E-state index in [1.807, 2.05) is 30.3 Å². The van der Waals surface area contributed by atoms with Gasteiger partial charge in [-0.25, -0.2) is 4.90 Å². The minimum Gasteiger partial charge on any atom is -0.384 e. The number of hydrogen-bond donors (Lipinski definition) is 4. The molecule has 3 aromatic carbocycles. The molecule has 1 atom stereocenters. The zero-order valence-electron chi connectivity index (χ0n) is 17.9. The number of amidine groups is 1. The number of carbonyl (C=O) groups is 3. The van der Waals surface area contributed by atoms with Gasteiger partial charge < -0.3 is 16.8 Å². The van der Waals surface area contributed by atoms with Crippen molar-refractivity contribution >= 4 is 29.2 Å². The number of amides is 3. The molecule has 0 aliphatic carbocycles. The Bertz CT molecular complexity index is 1150. The predicted octanol–water partition coefficient (Wildman–Crippen LogP) is 1.83. The van der Waals surface area contributed by atoms with Crippen LogP contribution in [0.4, 0.5) is 5.69 Å². The molecule has 33 heavy (non-hydrogen) atoms. The van der Waals surface area contributed by atoms with E-state index in [1.54, 1.807) is 48.5 Å². The maximum atomic E-state index is 13.7. The minimum absolute atomic E-state index is 0.176. The lowest BCUT2D eigenvalue weighted by Crippen LogP contribution is -2.53. The summed E-state index contributed by atoms with van der Waals surface area (Å²) in [5, 5.41) is 10.3. The number of imide groups is 1. The van der Waals surface area contributed by atoms with Crippen LogP contribution in [0.5, 0.6) is 0 Å². The molecule has 0 heterocycles. The van der Waals surface area contributed by atoms with Gasteiger partial charge >= 0.3 is 0 Å². The fourth-order valence-corrected chi connectivity index (χ4v) is 3.33. The lowest BCUT2D eigenvalue weighted by molar-refractivity contribution is -0.126. The molecule has 6 N–H and O–H groups in total. The van der Waals surface area contributed by atoms with Crippen molar-refractivity contribution in [2.45, 2.75) is 12.5 Å². The molecule has 0 bridgehead atoms. The van der Waals surface area contributed by atoms with E-state index >= 15 is 0 Å². The summed E-state index contributed by atoms with van der Waals surface area (Å²) < 4.78 is 0. The SMILES string of the molecule is N=C(N)c1cccc(C(=O)N(C(=O)[C@H](Cc2ccccc2)NC(=O)CN)c2ccccc2)c1. The van der Waals surface area contributed by atoms with Crippen LogP contribution in [0.15, 0.2) is 84.9 Å². The second-order valence-electron chi connectivity index (χ2n) is 7.32. The van der Waals surface area contributed by atoms with Crippen LogP contribution in [0.2, 0.25) is 0 Å². The number of hydrogen-bond acceptors (Lipinski definition) is 5. The van der Waals surface area contributed by atoms with Gasteiger partial charge in [0.1, 0.15) is 11.9 Å². The van der Waals surface area contributed by atoms with Gasteiger partial charge in [-0.3, -0.25) is 19.8 Å². The maximum absolute atomic E-state index is 13.7. The van der Waals surface area contributed by atoms with Gasteiger partial charge in [0.15, 0.2) is 0 Å². The summed E-state index contributed by atoms with van der Waals surface area (Å²) in [4.78, 5) is 40.4. The Morgan fingerprint density at radius 2 is 1.48 bits per heavy atom. The highest BCUT2D eigenvalue weighted by molar-refractivity contribution is 6.23. The lowest BCUT2D eigenvalue weighted by atomic mass is 10.0. The van der Waals surface area contributed by atoms with Gasteiger partial charge in [0.2, 0.25) is 5.91 Å². The van der Waals surface area contributed by atoms with E-state index in [4.69, 9.17) is 16.9 Å². The molecule has 3 aromatic rings. The van der Waals surface area contributed by atoms with Crippen molar-refractivity contribution in [1.82, 2.24) is 5.32 Å². The van der Waals surface area contributed by atoms with Crippen LogP contribution in [-0.4, -0.2) is 36.1 Å². The summed E-state index contributed by atoms with van der Waals surface area (Å²) in [6.07, 6.45) is 0.176. The Hall–Kier alpha value is -4.30. The molecule has 0 saturated heterocycles. The highest BCUT2D eigenvalue weighted by atomic mass is 16.2. The second-order valence-corrected chi connectivity index (χ2v) is 7.32. The van der Waals surface area contributed by atoms with Crippen LogP contribution in [0, 0.1) is 5.41 Å².